The van der Waals surface area contributed by atoms with Gasteiger partial charge in [0.25, 0.3) is 5.91 Å². The SMILES string of the molecule is Cn1ccc(C(=O)Nc2cc(Cl)ccc2C#CCCO)n1. The lowest BCUT2D eigenvalue weighted by atomic mass is 10.1. The third-order valence-electron chi connectivity index (χ3n) is 2.64. The number of aliphatic hydroxyl groups excluding tert-OH is 1. The van der Waals surface area contributed by atoms with Crippen LogP contribution in [0.4, 0.5) is 5.69 Å². The zero-order chi connectivity index (χ0) is 15.2. The second kappa shape index (κ2) is 6.93. The quantitative estimate of drug-likeness (QED) is 0.853. The fourth-order valence-electron chi connectivity index (χ4n) is 1.67. The van der Waals surface area contributed by atoms with E-state index in [4.69, 9.17) is 16.7 Å². The first-order chi connectivity index (χ1) is 10.1. The highest BCUT2D eigenvalue weighted by Crippen LogP contribution is 2.21. The third kappa shape index (κ3) is 4.09. The molecule has 0 aliphatic heterocycles. The van der Waals surface area contributed by atoms with Crippen LogP contribution in [0, 0.1) is 11.8 Å². The van der Waals surface area contributed by atoms with Gasteiger partial charge in [-0.25, -0.2) is 0 Å². The number of aliphatic hydroxyl groups is 1. The normalized spacial score (nSPS) is 9.86. The predicted molar refractivity (Wildman–Crippen MR) is 81.2 cm³/mol. The molecule has 1 heterocycles. The summed E-state index contributed by atoms with van der Waals surface area (Å²) in [7, 11) is 1.74. The molecule has 0 fully saturated rings. The summed E-state index contributed by atoms with van der Waals surface area (Å²) < 4.78 is 1.55. The van der Waals surface area contributed by atoms with Crippen LogP contribution in [-0.4, -0.2) is 27.4 Å². The number of hydrogen-bond donors (Lipinski definition) is 2. The summed E-state index contributed by atoms with van der Waals surface area (Å²) in [5.74, 6) is 5.38. The van der Waals surface area contributed by atoms with Gasteiger partial charge in [-0.05, 0) is 24.3 Å². The Balaban J connectivity index is 2.24. The molecule has 1 aromatic carbocycles. The first-order valence-corrected chi connectivity index (χ1v) is 6.68. The topological polar surface area (TPSA) is 67.2 Å². The van der Waals surface area contributed by atoms with Crippen molar-refractivity contribution in [2.45, 2.75) is 6.42 Å². The van der Waals surface area contributed by atoms with Crippen molar-refractivity contribution in [3.63, 3.8) is 0 Å². The van der Waals surface area contributed by atoms with E-state index in [0.29, 0.717) is 28.4 Å². The smallest absolute Gasteiger partial charge is 0.276 e. The molecule has 0 unspecified atom stereocenters. The Labute approximate surface area is 127 Å². The second-order valence-electron chi connectivity index (χ2n) is 4.29. The minimum absolute atomic E-state index is 0.00375. The third-order valence-corrected chi connectivity index (χ3v) is 2.87. The number of hydrogen-bond acceptors (Lipinski definition) is 3. The van der Waals surface area contributed by atoms with E-state index in [-0.39, 0.29) is 12.5 Å². The first-order valence-electron chi connectivity index (χ1n) is 6.30. The van der Waals surface area contributed by atoms with Crippen molar-refractivity contribution in [3.05, 3.63) is 46.7 Å². The molecule has 0 spiro atoms. The molecule has 0 atom stereocenters. The molecule has 108 valence electrons. The number of nitrogens with zero attached hydrogens (tertiary/aromatic N) is 2. The molecule has 0 aliphatic carbocycles. The van der Waals surface area contributed by atoms with E-state index >= 15 is 0 Å². The van der Waals surface area contributed by atoms with Gasteiger partial charge in [-0.2, -0.15) is 5.10 Å². The molecule has 6 heteroatoms. The maximum atomic E-state index is 12.1. The lowest BCUT2D eigenvalue weighted by Gasteiger charge is -2.06. The Morgan fingerprint density at radius 3 is 2.95 bits per heavy atom. The molecule has 0 bridgehead atoms. The van der Waals surface area contributed by atoms with E-state index in [2.05, 4.69) is 22.3 Å². The number of aromatic nitrogens is 2. The van der Waals surface area contributed by atoms with Gasteiger partial charge in [0, 0.05) is 30.3 Å². The average Bonchev–Trinajstić information content (AvgIpc) is 2.88. The minimum atomic E-state index is -0.330. The van der Waals surface area contributed by atoms with Gasteiger partial charge in [-0.15, -0.1) is 0 Å². The Hall–Kier alpha value is -2.29. The second-order valence-corrected chi connectivity index (χ2v) is 4.73. The van der Waals surface area contributed by atoms with E-state index in [9.17, 15) is 4.79 Å². The van der Waals surface area contributed by atoms with Crippen LogP contribution in [0.2, 0.25) is 5.02 Å². The largest absolute Gasteiger partial charge is 0.395 e. The molecule has 5 nitrogen and oxygen atoms in total. The maximum absolute atomic E-state index is 12.1. The van der Waals surface area contributed by atoms with Crippen molar-refractivity contribution in [1.82, 2.24) is 9.78 Å². The molecule has 21 heavy (non-hydrogen) atoms. The maximum Gasteiger partial charge on any atom is 0.276 e. The highest BCUT2D eigenvalue weighted by molar-refractivity contribution is 6.31. The summed E-state index contributed by atoms with van der Waals surface area (Å²) in [5.41, 5.74) is 1.47. The number of nitrogens with one attached hydrogen (secondary N) is 1. The van der Waals surface area contributed by atoms with Crippen LogP contribution < -0.4 is 5.32 Å². The van der Waals surface area contributed by atoms with Gasteiger partial charge in [0.2, 0.25) is 0 Å². The van der Waals surface area contributed by atoms with Crippen LogP contribution in [0.1, 0.15) is 22.5 Å². The molecule has 0 radical (unpaired) electrons. The van der Waals surface area contributed by atoms with Crippen LogP contribution >= 0.6 is 11.6 Å². The fourth-order valence-corrected chi connectivity index (χ4v) is 1.84. The number of amides is 1. The highest BCUT2D eigenvalue weighted by atomic mass is 35.5. The molecule has 1 amide bonds. The standard InChI is InChI=1S/C15H14ClN3O2/c1-19-8-7-13(18-19)15(21)17-14-10-12(16)6-5-11(14)4-2-3-9-20/h5-8,10,20H,3,9H2,1H3,(H,17,21). The van der Waals surface area contributed by atoms with Crippen molar-refractivity contribution < 1.29 is 9.90 Å². The van der Waals surface area contributed by atoms with E-state index in [1.165, 1.54) is 0 Å². The van der Waals surface area contributed by atoms with Crippen molar-refractivity contribution in [1.29, 1.82) is 0 Å². The van der Waals surface area contributed by atoms with Gasteiger partial charge in [-0.3, -0.25) is 9.48 Å². The number of aryl methyl sites for hydroxylation is 1. The van der Waals surface area contributed by atoms with Gasteiger partial charge < -0.3 is 10.4 Å². The summed E-state index contributed by atoms with van der Waals surface area (Å²) in [5, 5.41) is 16.0. The summed E-state index contributed by atoms with van der Waals surface area (Å²) >= 11 is 5.95. The monoisotopic (exact) mass is 303 g/mol. The van der Waals surface area contributed by atoms with Crippen molar-refractivity contribution in [2.24, 2.45) is 7.05 Å². The molecular formula is C15H14ClN3O2. The Morgan fingerprint density at radius 2 is 2.29 bits per heavy atom. The summed E-state index contributed by atoms with van der Waals surface area (Å²) in [6, 6.07) is 6.67. The molecule has 0 aliphatic rings. The van der Waals surface area contributed by atoms with Crippen LogP contribution in [0.15, 0.2) is 30.5 Å². The molecule has 2 rings (SSSR count). The summed E-state index contributed by atoms with van der Waals surface area (Å²) in [4.78, 5) is 12.1. The van der Waals surface area contributed by atoms with Gasteiger partial charge in [-0.1, -0.05) is 23.4 Å². The van der Waals surface area contributed by atoms with E-state index in [1.54, 1.807) is 42.2 Å². The van der Waals surface area contributed by atoms with Crippen LogP contribution in [-0.2, 0) is 7.05 Å². The molecule has 0 saturated heterocycles. The number of carbonyl (C=O) groups is 1. The molecular weight excluding hydrogens is 290 g/mol. The van der Waals surface area contributed by atoms with E-state index < -0.39 is 0 Å². The molecule has 2 aromatic rings. The average molecular weight is 304 g/mol. The molecule has 2 N–H and O–H groups in total. The van der Waals surface area contributed by atoms with Gasteiger partial charge in [0.15, 0.2) is 5.69 Å². The van der Waals surface area contributed by atoms with Gasteiger partial charge in [0.05, 0.1) is 12.3 Å². The van der Waals surface area contributed by atoms with Crippen LogP contribution in [0.25, 0.3) is 0 Å². The summed E-state index contributed by atoms with van der Waals surface area (Å²) in [6.07, 6.45) is 2.06. The van der Waals surface area contributed by atoms with E-state index in [0.717, 1.165) is 0 Å². The lowest BCUT2D eigenvalue weighted by Crippen LogP contribution is -2.14. The minimum Gasteiger partial charge on any atom is -0.395 e. The molecule has 1 aromatic heterocycles. The van der Waals surface area contributed by atoms with Crippen LogP contribution in [0.3, 0.4) is 0 Å². The van der Waals surface area contributed by atoms with Gasteiger partial charge >= 0.3 is 0 Å². The number of anilines is 1. The Kier molecular flexibility index (Phi) is 4.99. The predicted octanol–water partition coefficient (Wildman–Crippen LogP) is 2.06. The zero-order valence-electron chi connectivity index (χ0n) is 11.4. The van der Waals surface area contributed by atoms with Gasteiger partial charge in [0.1, 0.15) is 0 Å². The fraction of sp³-hybridized carbons (Fsp3) is 0.200. The number of benzene rings is 1. The zero-order valence-corrected chi connectivity index (χ0v) is 12.2. The number of rotatable bonds is 3. The van der Waals surface area contributed by atoms with E-state index in [1.807, 2.05) is 0 Å². The van der Waals surface area contributed by atoms with Crippen molar-refractivity contribution in [2.75, 3.05) is 11.9 Å². The number of halogens is 1. The Morgan fingerprint density at radius 1 is 1.48 bits per heavy atom. The van der Waals surface area contributed by atoms with Crippen LogP contribution in [0.5, 0.6) is 0 Å². The molecule has 0 saturated carbocycles. The number of carbonyl (C=O) groups excluding carboxylic acids is 1. The Bertz CT molecular complexity index is 713. The summed E-state index contributed by atoms with van der Waals surface area (Å²) in [6.45, 7) is -0.00375. The van der Waals surface area contributed by atoms with Crippen molar-refractivity contribution >= 4 is 23.2 Å². The lowest BCUT2D eigenvalue weighted by molar-refractivity contribution is 0.102. The first kappa shape index (κ1) is 15.1. The van der Waals surface area contributed by atoms with Crippen molar-refractivity contribution in [3.8, 4) is 11.8 Å². The highest BCUT2D eigenvalue weighted by Gasteiger charge is 2.11.